The van der Waals surface area contributed by atoms with E-state index in [1.54, 1.807) is 12.0 Å². The topological polar surface area (TPSA) is 38.8 Å². The average molecular weight is 235 g/mol. The van der Waals surface area contributed by atoms with Crippen LogP contribution >= 0.6 is 0 Å². The summed E-state index contributed by atoms with van der Waals surface area (Å²) in [5.41, 5.74) is 0. The highest BCUT2D eigenvalue weighted by atomic mass is 16.5. The summed E-state index contributed by atoms with van der Waals surface area (Å²) < 4.78 is 11.1. The first-order valence-electron chi connectivity index (χ1n) is 5.82. The SMILES string of the molecule is COc1ccccc1OC1CCN(C=O)CC1. The second-order valence-electron chi connectivity index (χ2n) is 4.11. The summed E-state index contributed by atoms with van der Waals surface area (Å²) in [6.45, 7) is 1.53. The van der Waals surface area contributed by atoms with Gasteiger partial charge in [-0.05, 0) is 12.1 Å². The van der Waals surface area contributed by atoms with Gasteiger partial charge in [0.05, 0.1) is 7.11 Å². The molecule has 0 atom stereocenters. The van der Waals surface area contributed by atoms with Gasteiger partial charge in [-0.3, -0.25) is 4.79 Å². The first kappa shape index (κ1) is 11.8. The van der Waals surface area contributed by atoms with Gasteiger partial charge in [0.1, 0.15) is 6.10 Å². The molecule has 92 valence electrons. The fourth-order valence-corrected chi connectivity index (χ4v) is 1.99. The van der Waals surface area contributed by atoms with Crippen LogP contribution in [0.1, 0.15) is 12.8 Å². The Labute approximate surface area is 101 Å². The Morgan fingerprint density at radius 3 is 2.47 bits per heavy atom. The van der Waals surface area contributed by atoms with Crippen LogP contribution in [-0.2, 0) is 4.79 Å². The summed E-state index contributed by atoms with van der Waals surface area (Å²) in [6.07, 6.45) is 2.81. The Hall–Kier alpha value is -1.71. The maximum atomic E-state index is 10.6. The first-order chi connectivity index (χ1) is 8.33. The number of carbonyl (C=O) groups is 1. The smallest absolute Gasteiger partial charge is 0.209 e. The molecule has 1 aliphatic heterocycles. The lowest BCUT2D eigenvalue weighted by Crippen LogP contribution is -2.37. The number of rotatable bonds is 4. The van der Waals surface area contributed by atoms with Crippen molar-refractivity contribution in [3.8, 4) is 11.5 Å². The largest absolute Gasteiger partial charge is 0.493 e. The van der Waals surface area contributed by atoms with Crippen LogP contribution in [0.2, 0.25) is 0 Å². The molecule has 0 bridgehead atoms. The van der Waals surface area contributed by atoms with Crippen LogP contribution in [0.3, 0.4) is 0 Å². The van der Waals surface area contributed by atoms with Gasteiger partial charge in [0.25, 0.3) is 0 Å². The van der Waals surface area contributed by atoms with Crippen molar-refractivity contribution in [1.82, 2.24) is 4.90 Å². The minimum Gasteiger partial charge on any atom is -0.493 e. The first-order valence-corrected chi connectivity index (χ1v) is 5.82. The molecule has 1 aromatic rings. The van der Waals surface area contributed by atoms with Gasteiger partial charge in [-0.25, -0.2) is 0 Å². The van der Waals surface area contributed by atoms with E-state index >= 15 is 0 Å². The summed E-state index contributed by atoms with van der Waals surface area (Å²) in [7, 11) is 1.64. The molecule has 0 spiro atoms. The van der Waals surface area contributed by atoms with Crippen LogP contribution in [0.25, 0.3) is 0 Å². The van der Waals surface area contributed by atoms with E-state index in [0.29, 0.717) is 0 Å². The highest BCUT2D eigenvalue weighted by Gasteiger charge is 2.20. The van der Waals surface area contributed by atoms with Gasteiger partial charge in [0, 0.05) is 25.9 Å². The Morgan fingerprint density at radius 2 is 1.88 bits per heavy atom. The van der Waals surface area contributed by atoms with E-state index in [0.717, 1.165) is 43.8 Å². The Bertz CT molecular complexity index is 373. The van der Waals surface area contributed by atoms with Crippen molar-refractivity contribution in [2.24, 2.45) is 0 Å². The van der Waals surface area contributed by atoms with E-state index < -0.39 is 0 Å². The number of hydrogen-bond donors (Lipinski definition) is 0. The monoisotopic (exact) mass is 235 g/mol. The molecule has 1 saturated heterocycles. The van der Waals surface area contributed by atoms with Crippen molar-refractivity contribution in [3.63, 3.8) is 0 Å². The normalized spacial score (nSPS) is 16.6. The van der Waals surface area contributed by atoms with E-state index in [1.165, 1.54) is 0 Å². The molecular formula is C13H17NO3. The highest BCUT2D eigenvalue weighted by molar-refractivity contribution is 5.47. The van der Waals surface area contributed by atoms with Crippen LogP contribution in [0.5, 0.6) is 11.5 Å². The summed E-state index contributed by atoms with van der Waals surface area (Å²) in [6, 6.07) is 7.64. The zero-order valence-electron chi connectivity index (χ0n) is 9.96. The quantitative estimate of drug-likeness (QED) is 0.745. The molecule has 0 radical (unpaired) electrons. The van der Waals surface area contributed by atoms with Gasteiger partial charge in [-0.15, -0.1) is 0 Å². The second kappa shape index (κ2) is 5.57. The van der Waals surface area contributed by atoms with Gasteiger partial charge in [-0.1, -0.05) is 12.1 Å². The number of piperidine rings is 1. The number of carbonyl (C=O) groups excluding carboxylic acids is 1. The molecule has 0 saturated carbocycles. The Kier molecular flexibility index (Phi) is 3.85. The van der Waals surface area contributed by atoms with E-state index in [2.05, 4.69) is 0 Å². The molecule has 17 heavy (non-hydrogen) atoms. The Morgan fingerprint density at radius 1 is 1.24 bits per heavy atom. The van der Waals surface area contributed by atoms with E-state index in [1.807, 2.05) is 24.3 Å². The van der Waals surface area contributed by atoms with Crippen molar-refractivity contribution >= 4 is 6.41 Å². The summed E-state index contributed by atoms with van der Waals surface area (Å²) in [5, 5.41) is 0. The van der Waals surface area contributed by atoms with Crippen LogP contribution in [0, 0.1) is 0 Å². The molecule has 0 N–H and O–H groups in total. The maximum Gasteiger partial charge on any atom is 0.209 e. The minimum atomic E-state index is 0.169. The number of methoxy groups -OCH3 is 1. The second-order valence-corrected chi connectivity index (χ2v) is 4.11. The molecule has 4 nitrogen and oxygen atoms in total. The highest BCUT2D eigenvalue weighted by Crippen LogP contribution is 2.28. The van der Waals surface area contributed by atoms with Gasteiger partial charge in [-0.2, -0.15) is 0 Å². The van der Waals surface area contributed by atoms with Crippen LogP contribution in [-0.4, -0.2) is 37.6 Å². The van der Waals surface area contributed by atoms with Gasteiger partial charge < -0.3 is 14.4 Å². The number of hydrogen-bond acceptors (Lipinski definition) is 3. The van der Waals surface area contributed by atoms with Gasteiger partial charge in [0.2, 0.25) is 6.41 Å². The molecule has 1 aliphatic rings. The van der Waals surface area contributed by atoms with Crippen molar-refractivity contribution < 1.29 is 14.3 Å². The van der Waals surface area contributed by atoms with E-state index in [9.17, 15) is 4.79 Å². The predicted molar refractivity (Wildman–Crippen MR) is 64.3 cm³/mol. The average Bonchev–Trinajstić information content (AvgIpc) is 2.40. The number of ether oxygens (including phenoxy) is 2. The lowest BCUT2D eigenvalue weighted by molar-refractivity contribution is -0.119. The predicted octanol–water partition coefficient (Wildman–Crippen LogP) is 1.69. The third-order valence-corrected chi connectivity index (χ3v) is 2.99. The zero-order valence-corrected chi connectivity index (χ0v) is 9.96. The number of amides is 1. The van der Waals surface area contributed by atoms with Crippen LogP contribution in [0.4, 0.5) is 0 Å². The molecule has 4 heteroatoms. The lowest BCUT2D eigenvalue weighted by atomic mass is 10.1. The minimum absolute atomic E-state index is 0.169. The van der Waals surface area contributed by atoms with Gasteiger partial charge >= 0.3 is 0 Å². The van der Waals surface area contributed by atoms with Crippen molar-refractivity contribution in [1.29, 1.82) is 0 Å². The number of para-hydroxylation sites is 2. The van der Waals surface area contributed by atoms with E-state index in [4.69, 9.17) is 9.47 Å². The Balaban J connectivity index is 1.95. The standard InChI is InChI=1S/C13H17NO3/c1-16-12-4-2-3-5-13(12)17-11-6-8-14(10-15)9-7-11/h2-5,10-11H,6-9H2,1H3. The summed E-state index contributed by atoms with van der Waals surface area (Å²) in [4.78, 5) is 12.4. The van der Waals surface area contributed by atoms with Gasteiger partial charge in [0.15, 0.2) is 11.5 Å². The van der Waals surface area contributed by atoms with E-state index in [-0.39, 0.29) is 6.10 Å². The molecule has 0 aliphatic carbocycles. The third-order valence-electron chi connectivity index (χ3n) is 2.99. The maximum absolute atomic E-state index is 10.6. The lowest BCUT2D eigenvalue weighted by Gasteiger charge is -2.29. The summed E-state index contributed by atoms with van der Waals surface area (Å²) >= 11 is 0. The molecule has 0 unspecified atom stereocenters. The molecular weight excluding hydrogens is 218 g/mol. The number of benzene rings is 1. The fourth-order valence-electron chi connectivity index (χ4n) is 1.99. The molecule has 2 rings (SSSR count). The number of nitrogens with zero attached hydrogens (tertiary/aromatic N) is 1. The molecule has 1 heterocycles. The number of likely N-dealkylation sites (tertiary alicyclic amines) is 1. The third kappa shape index (κ3) is 2.90. The summed E-state index contributed by atoms with van der Waals surface area (Å²) in [5.74, 6) is 1.53. The fraction of sp³-hybridized carbons (Fsp3) is 0.462. The van der Waals surface area contributed by atoms with Crippen molar-refractivity contribution in [2.45, 2.75) is 18.9 Å². The molecule has 0 aromatic heterocycles. The molecule has 1 amide bonds. The van der Waals surface area contributed by atoms with Crippen molar-refractivity contribution in [3.05, 3.63) is 24.3 Å². The van der Waals surface area contributed by atoms with Crippen molar-refractivity contribution in [2.75, 3.05) is 20.2 Å². The van der Waals surface area contributed by atoms with Crippen LogP contribution < -0.4 is 9.47 Å². The molecule has 1 fully saturated rings. The van der Waals surface area contributed by atoms with Crippen LogP contribution in [0.15, 0.2) is 24.3 Å². The molecule has 1 aromatic carbocycles. The zero-order chi connectivity index (χ0) is 12.1.